The number of likely N-dealkylation sites (tertiary alicyclic amines) is 1. The van der Waals surface area contributed by atoms with Crippen molar-refractivity contribution in [2.75, 3.05) is 44.0 Å². The van der Waals surface area contributed by atoms with Gasteiger partial charge in [-0.1, -0.05) is 195 Å². The number of rotatable bonds is 66. The first kappa shape index (κ1) is 128. The molecule has 2 heterocycles. The van der Waals surface area contributed by atoms with Crippen LogP contribution in [-0.2, 0) is 110 Å². The molecule has 1 saturated heterocycles. The summed E-state index contributed by atoms with van der Waals surface area (Å²) in [6, 6.07) is -0.334. The van der Waals surface area contributed by atoms with Gasteiger partial charge in [0.1, 0.15) is 103 Å². The number of thioether (sulfide) groups is 1. The molecule has 0 bridgehead atoms. The van der Waals surface area contributed by atoms with E-state index in [4.69, 9.17) is 11.5 Å². The number of aromatic amines is 1. The molecule has 45 heteroatoms. The lowest BCUT2D eigenvalue weighted by Gasteiger charge is -2.31. The first-order valence-electron chi connectivity index (χ1n) is 52.1. The van der Waals surface area contributed by atoms with Crippen LogP contribution in [0.15, 0.2) is 91.1 Å². The van der Waals surface area contributed by atoms with Crippen molar-refractivity contribution in [2.24, 2.45) is 52.9 Å². The molecule has 0 radical (unpaired) electrons. The van der Waals surface area contributed by atoms with Gasteiger partial charge in [0, 0.05) is 48.7 Å². The van der Waals surface area contributed by atoms with Gasteiger partial charge in [-0.2, -0.15) is 24.4 Å². The van der Waals surface area contributed by atoms with Gasteiger partial charge in [-0.25, -0.2) is 0 Å². The molecule has 5 rings (SSSR count). The number of aliphatic carboxylic acids is 1. The maximum Gasteiger partial charge on any atom is 0.325 e. The second-order valence-electron chi connectivity index (χ2n) is 40.7. The topological polar surface area (TPSA) is 661 Å². The summed E-state index contributed by atoms with van der Waals surface area (Å²) in [6.07, 6.45) is 4.52. The van der Waals surface area contributed by atoms with Crippen molar-refractivity contribution in [3.8, 4) is 0 Å². The van der Waals surface area contributed by atoms with Crippen molar-refractivity contribution >= 4 is 148 Å². The number of H-pyrrole nitrogens is 1. The summed E-state index contributed by atoms with van der Waals surface area (Å²) < 4.78 is 0. The lowest BCUT2D eigenvalue weighted by atomic mass is 9.94. The highest BCUT2D eigenvalue weighted by molar-refractivity contribution is 7.98. The normalized spacial score (nSPS) is 16.7. The van der Waals surface area contributed by atoms with Crippen LogP contribution in [0.2, 0.25) is 0 Å². The number of aliphatic hydroxyl groups excluding tert-OH is 2. The summed E-state index contributed by atoms with van der Waals surface area (Å²) in [5.74, 6) is -18.9. The first-order chi connectivity index (χ1) is 70.9. The standard InChI is InChI=1S/C105H165N21O22S2/c1-19-60(12)84(122-83(129)53-109-90(132)73(45-56(4)5)117-102(144)86(62(14)21-3)124-97(139)76(48-59(10)11)118-103(145)85(61(13)20-2)123-91(133)72(39-30-31-42-106)112-89(131)70(107)41-44-150-18)101(143)119-78(50-67-35-26-23-27-36-67)96(138)114-74(46-57(6)7)93(135)116-77(49-66-33-24-22-25-34-66)95(137)115-75(47-58(8)9)94(136)121-81(55-149)99(141)120-80(54-127)98(140)125-87(65(17)128)104(146)126-43-32-40-82(126)100(142)110-63(15)88(130)113-79(92(134)111-64(16)105(147)148)51-68-52-108-71-38-29-28-37-69(68)71/h22-29,33-38,52,56-65,70,72-82,84-87,108,127-128,149H,19-21,30-32,39-51,53-55,106-107H2,1-18H3,(H,109,132)(H,110,142)(H,111,134)(H,112,131)(H,113,130)(H,114,138)(H,115,137)(H,116,135)(H,117,144)(H,118,145)(H,119,143)(H,120,141)(H,121,136)(H,122,129)(H,123,133)(H,124,139)(H,125,140)(H,147,148)/t60-,61-,62-,63-,64-,65+,70-,72-,73-,74-,75-,76-,77-,78-,79-,80-,81-,82-,84-,85-,86-,87-/m0/s1. The minimum Gasteiger partial charge on any atom is -0.480 e. The number of hydrogen-bond acceptors (Lipinski definition) is 25. The predicted octanol–water partition coefficient (Wildman–Crippen LogP) is 1.02. The summed E-state index contributed by atoms with van der Waals surface area (Å²) >= 11 is 5.85. The SMILES string of the molecule is CC[C@H](C)[C@H](NC(=O)CNC(=O)[C@H](CC(C)C)NC(=O)[C@@H](NC(=O)[C@H](CC(C)C)NC(=O)[C@@H](NC(=O)[C@H](CCCCN)NC(=O)[C@@H](N)CCSC)[C@@H](C)CC)[C@@H](C)CC)C(=O)N[C@@H](Cc1ccccc1)C(=O)N[C@@H](CC(C)C)C(=O)N[C@@H](Cc1ccccc1)C(=O)N[C@@H](CC(C)C)C(=O)N[C@@H](CS)C(=O)N[C@@H](CO)C(=O)N[C@H](C(=O)N1CCC[C@H]1C(=O)N[C@@H](C)C(=O)N[C@@H](Cc1c[nH]c2ccccc12)C(=O)N[C@@H](C)C(=O)O)[C@@H](C)O. The van der Waals surface area contributed by atoms with Crippen LogP contribution >= 0.6 is 24.4 Å². The molecule has 0 saturated carbocycles. The molecule has 0 unspecified atom stereocenters. The Morgan fingerprint density at radius 3 is 1.27 bits per heavy atom. The van der Waals surface area contributed by atoms with Crippen LogP contribution in [0.1, 0.15) is 218 Å². The van der Waals surface area contributed by atoms with Crippen LogP contribution in [0.25, 0.3) is 10.9 Å². The van der Waals surface area contributed by atoms with Crippen molar-refractivity contribution in [1.29, 1.82) is 0 Å². The Bertz CT molecular complexity index is 5120. The quantitative estimate of drug-likeness (QED) is 0.0217. The Morgan fingerprint density at radius 1 is 0.427 bits per heavy atom. The molecule has 1 aromatic heterocycles. The van der Waals surface area contributed by atoms with Gasteiger partial charge in [-0.15, -0.1) is 0 Å². The van der Waals surface area contributed by atoms with Crippen molar-refractivity contribution in [3.05, 3.63) is 108 Å². The highest BCUT2D eigenvalue weighted by atomic mass is 32.2. The number of hydrogen-bond donors (Lipinski definition) is 24. The summed E-state index contributed by atoms with van der Waals surface area (Å²) in [4.78, 5) is 275. The second kappa shape index (κ2) is 65.0. The molecule has 834 valence electrons. The predicted molar refractivity (Wildman–Crippen MR) is 573 cm³/mol. The van der Waals surface area contributed by atoms with Crippen LogP contribution < -0.4 is 102 Å². The minimum absolute atomic E-state index is 0.0323. The third-order valence-electron chi connectivity index (χ3n) is 26.3. The van der Waals surface area contributed by atoms with E-state index >= 15 is 14.4 Å². The molecular weight excluding hydrogens is 1970 g/mol. The number of nitrogens with zero attached hydrogens (tertiary/aromatic N) is 1. The number of amides is 18. The number of thiol groups is 1. The number of carboxylic acid groups (broad SMARTS) is 1. The van der Waals surface area contributed by atoms with Crippen LogP contribution in [0.3, 0.4) is 0 Å². The number of benzene rings is 3. The van der Waals surface area contributed by atoms with Crippen molar-refractivity contribution < 1.29 is 106 Å². The fraction of sp³-hybridized carbons (Fsp3) is 0.629. The molecule has 43 nitrogen and oxygen atoms in total. The number of carbonyl (C=O) groups excluding carboxylic acids is 18. The van der Waals surface area contributed by atoms with Gasteiger partial charge in [0.15, 0.2) is 0 Å². The highest BCUT2D eigenvalue weighted by Gasteiger charge is 2.45. The molecule has 150 heavy (non-hydrogen) atoms. The summed E-state index contributed by atoms with van der Waals surface area (Å²) in [5.41, 5.74) is 14.4. The fourth-order valence-electron chi connectivity index (χ4n) is 16.9. The molecule has 0 spiro atoms. The number of aliphatic hydroxyl groups is 2. The highest BCUT2D eigenvalue weighted by Crippen LogP contribution is 2.25. The molecule has 18 amide bonds. The number of carbonyl (C=O) groups is 19. The Hall–Kier alpha value is -12.3. The molecule has 22 atom stereocenters. The summed E-state index contributed by atoms with van der Waals surface area (Å²) in [7, 11) is 0. The largest absolute Gasteiger partial charge is 0.480 e. The van der Waals surface area contributed by atoms with E-state index in [0.717, 1.165) is 15.8 Å². The van der Waals surface area contributed by atoms with Crippen LogP contribution in [0.4, 0.5) is 0 Å². The van der Waals surface area contributed by atoms with Crippen molar-refractivity contribution in [3.63, 3.8) is 0 Å². The molecule has 1 aliphatic heterocycles. The van der Waals surface area contributed by atoms with Gasteiger partial charge in [-0.05, 0) is 168 Å². The Labute approximate surface area is 889 Å². The zero-order chi connectivity index (χ0) is 112. The van der Waals surface area contributed by atoms with Gasteiger partial charge in [0.05, 0.1) is 25.3 Å². The number of fused-ring (bicyclic) bond motifs is 1. The van der Waals surface area contributed by atoms with E-state index in [0.29, 0.717) is 67.5 Å². The molecule has 25 N–H and O–H groups in total. The second-order valence-corrected chi connectivity index (χ2v) is 42.1. The number of carboxylic acids is 1. The van der Waals surface area contributed by atoms with Crippen molar-refractivity contribution in [2.45, 2.75) is 335 Å². The van der Waals surface area contributed by atoms with E-state index < -0.39 is 264 Å². The lowest BCUT2D eigenvalue weighted by molar-refractivity contribution is -0.145. The van der Waals surface area contributed by atoms with E-state index in [1.165, 1.54) is 32.5 Å². The first-order valence-corrected chi connectivity index (χ1v) is 54.1. The molecule has 4 aromatic rings. The maximum absolute atomic E-state index is 15.1. The monoisotopic (exact) mass is 2140 g/mol. The Kier molecular flexibility index (Phi) is 55.6. The van der Waals surface area contributed by atoms with E-state index in [-0.39, 0.29) is 94.4 Å². The van der Waals surface area contributed by atoms with E-state index in [2.05, 4.69) is 108 Å². The lowest BCUT2D eigenvalue weighted by Crippen LogP contribution is -2.62. The average molecular weight is 2140 g/mol. The van der Waals surface area contributed by atoms with Gasteiger partial charge in [0.2, 0.25) is 106 Å². The van der Waals surface area contributed by atoms with Gasteiger partial charge < -0.3 is 127 Å². The number of aromatic nitrogens is 1. The molecule has 1 fully saturated rings. The van der Waals surface area contributed by atoms with Gasteiger partial charge in [-0.3, -0.25) is 91.1 Å². The molecule has 0 aliphatic carbocycles. The average Bonchev–Trinajstić information content (AvgIpc) is 1.67. The van der Waals surface area contributed by atoms with Crippen LogP contribution in [-0.4, -0.2) is 296 Å². The number of nitrogens with one attached hydrogen (secondary N) is 18. The van der Waals surface area contributed by atoms with E-state index in [1.54, 1.807) is 153 Å². The van der Waals surface area contributed by atoms with E-state index in [1.807, 2.05) is 40.9 Å². The fourth-order valence-corrected chi connectivity index (χ4v) is 17.7. The minimum atomic E-state index is -1.86. The number of nitrogens with two attached hydrogens (primary N) is 2. The smallest absolute Gasteiger partial charge is 0.325 e. The molecule has 3 aromatic carbocycles. The third-order valence-corrected chi connectivity index (χ3v) is 27.3. The Balaban J connectivity index is 1.30. The number of para-hydroxylation sites is 1. The summed E-state index contributed by atoms with van der Waals surface area (Å²) in [5, 5.41) is 77.3. The van der Waals surface area contributed by atoms with Gasteiger partial charge in [0.25, 0.3) is 0 Å². The maximum atomic E-state index is 15.1. The molecular formula is C105H165N21O22S2. The molecule has 1 aliphatic rings. The van der Waals surface area contributed by atoms with E-state index in [9.17, 15) is 92.0 Å². The Morgan fingerprint density at radius 2 is 0.813 bits per heavy atom. The van der Waals surface area contributed by atoms with Gasteiger partial charge >= 0.3 is 5.97 Å². The zero-order valence-electron chi connectivity index (χ0n) is 89.8. The number of unbranched alkanes of at least 4 members (excludes halogenated alkanes) is 1. The summed E-state index contributed by atoms with van der Waals surface area (Å²) in [6.45, 7) is 27.1. The zero-order valence-corrected chi connectivity index (χ0v) is 91.5. The van der Waals surface area contributed by atoms with Crippen LogP contribution in [0.5, 0.6) is 0 Å². The van der Waals surface area contributed by atoms with Crippen molar-refractivity contribution in [1.82, 2.24) is 100 Å². The third kappa shape index (κ3) is 42.1. The van der Waals surface area contributed by atoms with Crippen LogP contribution in [0, 0.1) is 41.4 Å².